The van der Waals surface area contributed by atoms with Gasteiger partial charge in [-0.2, -0.15) is 5.26 Å². The van der Waals surface area contributed by atoms with Crippen LogP contribution in [0.4, 0.5) is 4.39 Å². The molecule has 22 heavy (non-hydrogen) atoms. The minimum Gasteiger partial charge on any atom is -0.465 e. The number of carbonyl (C=O) groups is 1. The van der Waals surface area contributed by atoms with Crippen molar-refractivity contribution in [3.8, 4) is 6.07 Å². The number of nitriles is 1. The molecule has 5 nitrogen and oxygen atoms in total. The molecular formula is C15H16FNO4S. The number of sulfone groups is 1. The number of rotatable bonds is 5. The molecule has 1 saturated carbocycles. The predicted octanol–water partition coefficient (Wildman–Crippen LogP) is 1.80. The summed E-state index contributed by atoms with van der Waals surface area (Å²) in [6.07, 6.45) is 0. The van der Waals surface area contributed by atoms with Crippen LogP contribution >= 0.6 is 0 Å². The highest BCUT2D eigenvalue weighted by molar-refractivity contribution is 7.92. The van der Waals surface area contributed by atoms with Crippen molar-refractivity contribution >= 4 is 15.8 Å². The topological polar surface area (TPSA) is 84.2 Å². The summed E-state index contributed by atoms with van der Waals surface area (Å²) in [5.41, 5.74) is -1.48. The predicted molar refractivity (Wildman–Crippen MR) is 77.1 cm³/mol. The summed E-state index contributed by atoms with van der Waals surface area (Å²) in [7, 11) is -3.66. The van der Waals surface area contributed by atoms with Crippen molar-refractivity contribution in [2.45, 2.75) is 25.0 Å². The number of benzene rings is 1. The fourth-order valence-electron chi connectivity index (χ4n) is 2.84. The first-order valence-corrected chi connectivity index (χ1v) is 8.62. The van der Waals surface area contributed by atoms with E-state index in [1.165, 1.54) is 25.1 Å². The Hall–Kier alpha value is -1.94. The van der Waals surface area contributed by atoms with E-state index in [9.17, 15) is 22.9 Å². The number of ether oxygens (including phenoxy) is 1. The molecule has 118 valence electrons. The van der Waals surface area contributed by atoms with Gasteiger partial charge in [-0.05, 0) is 24.6 Å². The number of hydrogen-bond donors (Lipinski definition) is 0. The second kappa shape index (κ2) is 5.69. The van der Waals surface area contributed by atoms with E-state index in [1.807, 2.05) is 6.07 Å². The SMILES string of the molecule is CCOC(=O)[C@]1(C#N)[C@H](c2cccc(F)c2)[C@H]1S(=O)(=O)CC. The van der Waals surface area contributed by atoms with Crippen LogP contribution in [0.25, 0.3) is 0 Å². The van der Waals surface area contributed by atoms with E-state index in [4.69, 9.17) is 4.74 Å². The van der Waals surface area contributed by atoms with E-state index >= 15 is 0 Å². The van der Waals surface area contributed by atoms with Crippen molar-refractivity contribution in [3.05, 3.63) is 35.6 Å². The average molecular weight is 325 g/mol. The summed E-state index contributed by atoms with van der Waals surface area (Å²) in [5.74, 6) is -2.52. The van der Waals surface area contributed by atoms with Crippen molar-refractivity contribution in [3.63, 3.8) is 0 Å². The largest absolute Gasteiger partial charge is 0.465 e. The maximum absolute atomic E-state index is 13.4. The molecule has 0 N–H and O–H groups in total. The molecule has 2 rings (SSSR count). The van der Waals surface area contributed by atoms with Crippen LogP contribution in [-0.2, 0) is 19.4 Å². The molecule has 7 heteroatoms. The van der Waals surface area contributed by atoms with Gasteiger partial charge < -0.3 is 4.74 Å². The van der Waals surface area contributed by atoms with Crippen molar-refractivity contribution in [1.82, 2.24) is 0 Å². The van der Waals surface area contributed by atoms with E-state index in [-0.39, 0.29) is 12.4 Å². The maximum atomic E-state index is 13.4. The van der Waals surface area contributed by atoms with Crippen molar-refractivity contribution in [1.29, 1.82) is 5.26 Å². The lowest BCUT2D eigenvalue weighted by Gasteiger charge is -2.08. The molecule has 0 aromatic heterocycles. The Balaban J connectivity index is 2.55. The van der Waals surface area contributed by atoms with Crippen LogP contribution < -0.4 is 0 Å². The number of hydrogen-bond acceptors (Lipinski definition) is 5. The van der Waals surface area contributed by atoms with Gasteiger partial charge in [-0.3, -0.25) is 4.79 Å². The van der Waals surface area contributed by atoms with Crippen LogP contribution in [0.1, 0.15) is 25.3 Å². The minimum absolute atomic E-state index is 0.0387. The van der Waals surface area contributed by atoms with Gasteiger partial charge >= 0.3 is 5.97 Å². The van der Waals surface area contributed by atoms with Gasteiger partial charge in [0.25, 0.3) is 0 Å². The Morgan fingerprint density at radius 1 is 1.45 bits per heavy atom. The van der Waals surface area contributed by atoms with Gasteiger partial charge in [0, 0.05) is 11.7 Å². The van der Waals surface area contributed by atoms with E-state index in [0.29, 0.717) is 5.56 Å². The van der Waals surface area contributed by atoms with E-state index in [1.54, 1.807) is 6.92 Å². The lowest BCUT2D eigenvalue weighted by atomic mass is 10.0. The molecule has 0 unspecified atom stereocenters. The summed E-state index contributed by atoms with van der Waals surface area (Å²) in [4.78, 5) is 12.2. The molecule has 1 aromatic rings. The van der Waals surface area contributed by atoms with Crippen LogP contribution in [0.3, 0.4) is 0 Å². The molecule has 0 heterocycles. The Morgan fingerprint density at radius 2 is 2.14 bits per heavy atom. The first-order valence-electron chi connectivity index (χ1n) is 6.90. The maximum Gasteiger partial charge on any atom is 0.328 e. The van der Waals surface area contributed by atoms with E-state index in [2.05, 4.69) is 0 Å². The van der Waals surface area contributed by atoms with Crippen LogP contribution in [-0.4, -0.2) is 32.0 Å². The van der Waals surface area contributed by atoms with Gasteiger partial charge in [-0.25, -0.2) is 12.8 Å². The standard InChI is InChI=1S/C15H16FNO4S/c1-3-21-14(18)15(9-17)12(13(15)22(19,20)4-2)10-6-5-7-11(16)8-10/h5-8,12-13H,3-4H2,1-2H3/t12-,13-,15-/m1/s1. The number of halogens is 1. The zero-order valence-corrected chi connectivity index (χ0v) is 13.1. The molecular weight excluding hydrogens is 309 g/mol. The number of carbonyl (C=O) groups excluding carboxylic acids is 1. The highest BCUT2D eigenvalue weighted by Crippen LogP contribution is 2.63. The molecule has 3 atom stereocenters. The second-order valence-corrected chi connectivity index (χ2v) is 7.52. The Labute approximate surface area is 128 Å². The molecule has 0 bridgehead atoms. The monoisotopic (exact) mass is 325 g/mol. The summed E-state index contributed by atoms with van der Waals surface area (Å²) in [5, 5.41) is 8.28. The molecule has 0 saturated heterocycles. The molecule has 0 radical (unpaired) electrons. The smallest absolute Gasteiger partial charge is 0.328 e. The normalized spacial score (nSPS) is 27.0. The summed E-state index contributed by atoms with van der Waals surface area (Å²) < 4.78 is 42.8. The zero-order valence-electron chi connectivity index (χ0n) is 12.2. The van der Waals surface area contributed by atoms with E-state index in [0.717, 1.165) is 6.07 Å². The lowest BCUT2D eigenvalue weighted by molar-refractivity contribution is -0.147. The molecule has 1 aliphatic rings. The van der Waals surface area contributed by atoms with Crippen molar-refractivity contribution < 1.29 is 22.3 Å². The average Bonchev–Trinajstić information content (AvgIpc) is 3.19. The Kier molecular flexibility index (Phi) is 4.25. The van der Waals surface area contributed by atoms with Gasteiger partial charge in [0.2, 0.25) is 0 Å². The van der Waals surface area contributed by atoms with Gasteiger partial charge in [0.15, 0.2) is 15.3 Å². The van der Waals surface area contributed by atoms with Gasteiger partial charge in [-0.15, -0.1) is 0 Å². The van der Waals surface area contributed by atoms with Crippen LogP contribution in [0.2, 0.25) is 0 Å². The number of nitrogens with zero attached hydrogens (tertiary/aromatic N) is 1. The number of esters is 1. The Bertz CT molecular complexity index is 740. The fourth-order valence-corrected chi connectivity index (χ4v) is 4.77. The molecule has 1 aliphatic carbocycles. The molecule has 0 aliphatic heterocycles. The van der Waals surface area contributed by atoms with Gasteiger partial charge in [0.1, 0.15) is 11.1 Å². The molecule has 1 aromatic carbocycles. The molecule has 1 fully saturated rings. The first-order chi connectivity index (χ1) is 10.3. The van der Waals surface area contributed by atoms with Gasteiger partial charge in [-0.1, -0.05) is 19.1 Å². The van der Waals surface area contributed by atoms with Crippen LogP contribution in [0, 0.1) is 22.6 Å². The second-order valence-electron chi connectivity index (χ2n) is 5.11. The fraction of sp³-hybridized carbons (Fsp3) is 0.467. The summed E-state index contributed by atoms with van der Waals surface area (Å²) in [6, 6.07) is 7.13. The highest BCUT2D eigenvalue weighted by Gasteiger charge is 2.77. The van der Waals surface area contributed by atoms with Crippen LogP contribution in [0.5, 0.6) is 0 Å². The van der Waals surface area contributed by atoms with Gasteiger partial charge in [0.05, 0.1) is 12.7 Å². The van der Waals surface area contributed by atoms with Crippen LogP contribution in [0.15, 0.2) is 24.3 Å². The summed E-state index contributed by atoms with van der Waals surface area (Å²) >= 11 is 0. The molecule has 0 amide bonds. The lowest BCUT2D eigenvalue weighted by Crippen LogP contribution is -2.26. The van der Waals surface area contributed by atoms with Crippen molar-refractivity contribution in [2.75, 3.05) is 12.4 Å². The molecule has 0 spiro atoms. The minimum atomic E-state index is -3.66. The zero-order chi connectivity index (χ0) is 16.5. The highest BCUT2D eigenvalue weighted by atomic mass is 32.2. The third-order valence-corrected chi connectivity index (χ3v) is 6.15. The van der Waals surface area contributed by atoms with E-state index < -0.39 is 38.2 Å². The quantitative estimate of drug-likeness (QED) is 0.771. The summed E-state index contributed by atoms with van der Waals surface area (Å²) in [6.45, 7) is 3.06. The first kappa shape index (κ1) is 16.4. The third kappa shape index (κ3) is 2.37. The third-order valence-electron chi connectivity index (χ3n) is 3.93. The van der Waals surface area contributed by atoms with Crippen molar-refractivity contribution in [2.24, 2.45) is 5.41 Å². The Morgan fingerprint density at radius 3 is 2.64 bits per heavy atom.